The number of benzene rings is 1. The molecule has 4 N–H and O–H groups in total. The van der Waals surface area contributed by atoms with Gasteiger partial charge in [-0.25, -0.2) is 22.7 Å². The molecule has 0 aromatic heterocycles. The predicted octanol–water partition coefficient (Wildman–Crippen LogP) is 1.28. The number of esters is 1. The first-order valence-electron chi connectivity index (χ1n) is 7.19. The van der Waals surface area contributed by atoms with Crippen LogP contribution in [0.15, 0.2) is 17.0 Å². The van der Waals surface area contributed by atoms with Gasteiger partial charge < -0.3 is 10.5 Å². The van der Waals surface area contributed by atoms with Gasteiger partial charge in [-0.05, 0) is 18.1 Å². The van der Waals surface area contributed by atoms with E-state index in [0.29, 0.717) is 0 Å². The molecule has 0 unspecified atom stereocenters. The lowest BCUT2D eigenvalue weighted by molar-refractivity contribution is -0.123. The van der Waals surface area contributed by atoms with Crippen LogP contribution in [-0.4, -0.2) is 39.5 Å². The lowest BCUT2D eigenvalue weighted by atomic mass is 10.2. The summed E-state index contributed by atoms with van der Waals surface area (Å²) in [7, 11) is -3.99. The Kier molecular flexibility index (Phi) is 7.82. The molecular formula is C14H17Cl2N3O6S. The molecule has 9 nitrogen and oxygen atoms in total. The molecule has 0 heterocycles. The molecule has 3 amide bonds. The van der Waals surface area contributed by atoms with Crippen LogP contribution in [0, 0.1) is 5.92 Å². The van der Waals surface area contributed by atoms with Crippen molar-refractivity contribution in [1.82, 2.24) is 10.0 Å². The Bertz CT molecular complexity index is 826. The van der Waals surface area contributed by atoms with Crippen LogP contribution in [0.3, 0.4) is 0 Å². The van der Waals surface area contributed by atoms with E-state index in [1.165, 1.54) is 0 Å². The zero-order valence-corrected chi connectivity index (χ0v) is 16.2. The molecule has 0 atom stereocenters. The van der Waals surface area contributed by atoms with Gasteiger partial charge in [0.1, 0.15) is 4.90 Å². The Balaban J connectivity index is 3.05. The van der Waals surface area contributed by atoms with Crippen LogP contribution >= 0.6 is 23.2 Å². The van der Waals surface area contributed by atoms with E-state index in [1.54, 1.807) is 5.32 Å². The summed E-state index contributed by atoms with van der Waals surface area (Å²) in [6, 6.07) is 0.912. The lowest BCUT2D eigenvalue weighted by Crippen LogP contribution is -2.37. The van der Waals surface area contributed by atoms with Gasteiger partial charge in [-0.2, -0.15) is 0 Å². The SMILES string of the molecule is CC(C)CNS(=O)(=O)c1cc(C(=O)OCC(=O)NC(N)=O)c(Cl)cc1Cl. The van der Waals surface area contributed by atoms with Crippen LogP contribution in [0.5, 0.6) is 0 Å². The number of halogens is 2. The van der Waals surface area contributed by atoms with Gasteiger partial charge >= 0.3 is 12.0 Å². The van der Waals surface area contributed by atoms with E-state index in [4.69, 9.17) is 28.9 Å². The highest BCUT2D eigenvalue weighted by Gasteiger charge is 2.24. The van der Waals surface area contributed by atoms with E-state index in [2.05, 4.69) is 9.46 Å². The van der Waals surface area contributed by atoms with E-state index >= 15 is 0 Å². The first-order valence-corrected chi connectivity index (χ1v) is 9.43. The van der Waals surface area contributed by atoms with Crippen molar-refractivity contribution in [2.75, 3.05) is 13.2 Å². The van der Waals surface area contributed by atoms with Crippen molar-refractivity contribution >= 4 is 51.1 Å². The first kappa shape index (κ1) is 22.2. The van der Waals surface area contributed by atoms with Crippen molar-refractivity contribution in [2.24, 2.45) is 11.7 Å². The van der Waals surface area contributed by atoms with E-state index in [0.717, 1.165) is 12.1 Å². The second-order valence-corrected chi connectivity index (χ2v) is 8.05. The minimum Gasteiger partial charge on any atom is -0.452 e. The third-order valence-corrected chi connectivity index (χ3v) is 5.01. The monoisotopic (exact) mass is 425 g/mol. The Morgan fingerprint density at radius 2 is 1.81 bits per heavy atom. The molecule has 0 spiro atoms. The van der Waals surface area contributed by atoms with E-state index in [9.17, 15) is 22.8 Å². The molecule has 1 aromatic rings. The Morgan fingerprint density at radius 1 is 1.19 bits per heavy atom. The second-order valence-electron chi connectivity index (χ2n) is 5.50. The Labute approximate surface area is 160 Å². The van der Waals surface area contributed by atoms with E-state index in [1.807, 2.05) is 13.8 Å². The number of hydrogen-bond acceptors (Lipinski definition) is 6. The van der Waals surface area contributed by atoms with Crippen LogP contribution < -0.4 is 15.8 Å². The van der Waals surface area contributed by atoms with Crippen molar-refractivity contribution in [1.29, 1.82) is 0 Å². The largest absolute Gasteiger partial charge is 0.452 e. The Hall–Kier alpha value is -1.88. The molecule has 0 radical (unpaired) electrons. The molecule has 0 saturated heterocycles. The molecular weight excluding hydrogens is 409 g/mol. The summed E-state index contributed by atoms with van der Waals surface area (Å²) in [5.41, 5.74) is 4.44. The van der Waals surface area contributed by atoms with E-state index in [-0.39, 0.29) is 33.0 Å². The van der Waals surface area contributed by atoms with Gasteiger partial charge in [-0.1, -0.05) is 37.0 Å². The molecule has 0 aliphatic carbocycles. The van der Waals surface area contributed by atoms with E-state index < -0.39 is 34.5 Å². The third kappa shape index (κ3) is 6.45. The summed E-state index contributed by atoms with van der Waals surface area (Å²) in [5, 5.41) is 1.34. The summed E-state index contributed by atoms with van der Waals surface area (Å²) in [6.45, 7) is 2.97. The molecule has 144 valence electrons. The number of primary amides is 1. The van der Waals surface area contributed by atoms with Gasteiger partial charge in [0, 0.05) is 6.54 Å². The number of sulfonamides is 1. The summed E-state index contributed by atoms with van der Waals surface area (Å²) in [5.74, 6) is -1.99. The fourth-order valence-electron chi connectivity index (χ4n) is 1.63. The molecule has 1 rings (SSSR count). The fourth-order valence-corrected chi connectivity index (χ4v) is 3.69. The van der Waals surface area contributed by atoms with Gasteiger partial charge in [0.2, 0.25) is 10.0 Å². The number of amides is 3. The van der Waals surface area contributed by atoms with Gasteiger partial charge in [-0.3, -0.25) is 10.1 Å². The van der Waals surface area contributed by atoms with Crippen molar-refractivity contribution < 1.29 is 27.5 Å². The summed E-state index contributed by atoms with van der Waals surface area (Å²) < 4.78 is 31.7. The quantitative estimate of drug-likeness (QED) is 0.560. The number of carbonyl (C=O) groups is 3. The molecule has 0 saturated carbocycles. The minimum absolute atomic E-state index is 0.0454. The van der Waals surface area contributed by atoms with Crippen molar-refractivity contribution in [3.63, 3.8) is 0 Å². The fraction of sp³-hybridized carbons (Fsp3) is 0.357. The van der Waals surface area contributed by atoms with Crippen LogP contribution in [0.25, 0.3) is 0 Å². The first-order chi connectivity index (χ1) is 11.9. The van der Waals surface area contributed by atoms with Crippen molar-refractivity contribution in [3.05, 3.63) is 27.7 Å². The Morgan fingerprint density at radius 3 is 2.35 bits per heavy atom. The lowest BCUT2D eigenvalue weighted by Gasteiger charge is -2.12. The minimum atomic E-state index is -3.99. The maximum atomic E-state index is 12.3. The van der Waals surface area contributed by atoms with Crippen LogP contribution in [0.2, 0.25) is 10.0 Å². The second kappa shape index (κ2) is 9.17. The number of hydrogen-bond donors (Lipinski definition) is 3. The molecule has 26 heavy (non-hydrogen) atoms. The summed E-state index contributed by atoms with van der Waals surface area (Å²) in [4.78, 5) is 33.5. The highest BCUT2D eigenvalue weighted by atomic mass is 35.5. The average molecular weight is 426 g/mol. The number of rotatable bonds is 7. The summed E-state index contributed by atoms with van der Waals surface area (Å²) in [6.07, 6.45) is 0. The molecule has 0 bridgehead atoms. The highest BCUT2D eigenvalue weighted by Crippen LogP contribution is 2.29. The standard InChI is InChI=1S/C14H17Cl2N3O6S/c1-7(2)5-18-26(23,24)11-3-8(9(15)4-10(11)16)13(21)25-6-12(20)19-14(17)22/h3-4,7,18H,5-6H2,1-2H3,(H3,17,19,20,22). The molecule has 0 aliphatic rings. The molecule has 12 heteroatoms. The van der Waals surface area contributed by atoms with Gasteiger partial charge in [0.05, 0.1) is 15.6 Å². The van der Waals surface area contributed by atoms with Crippen molar-refractivity contribution in [2.45, 2.75) is 18.7 Å². The van der Waals surface area contributed by atoms with Crippen LogP contribution in [0.4, 0.5) is 4.79 Å². The zero-order valence-electron chi connectivity index (χ0n) is 13.8. The van der Waals surface area contributed by atoms with Gasteiger partial charge in [-0.15, -0.1) is 0 Å². The van der Waals surface area contributed by atoms with Crippen LogP contribution in [0.1, 0.15) is 24.2 Å². The number of nitrogens with two attached hydrogens (primary N) is 1. The molecule has 1 aromatic carbocycles. The number of imide groups is 1. The van der Waals surface area contributed by atoms with Gasteiger partial charge in [0.25, 0.3) is 5.91 Å². The molecule has 0 fully saturated rings. The maximum absolute atomic E-state index is 12.3. The topological polar surface area (TPSA) is 145 Å². The number of nitrogens with one attached hydrogen (secondary N) is 2. The highest BCUT2D eigenvalue weighted by molar-refractivity contribution is 7.89. The summed E-state index contributed by atoms with van der Waals surface area (Å²) >= 11 is 11.8. The van der Waals surface area contributed by atoms with Gasteiger partial charge in [0.15, 0.2) is 6.61 Å². The zero-order chi connectivity index (χ0) is 20.1. The number of ether oxygens (including phenoxy) is 1. The smallest absolute Gasteiger partial charge is 0.340 e. The average Bonchev–Trinajstić information content (AvgIpc) is 2.50. The number of urea groups is 1. The van der Waals surface area contributed by atoms with Crippen molar-refractivity contribution in [3.8, 4) is 0 Å². The molecule has 0 aliphatic heterocycles. The predicted molar refractivity (Wildman–Crippen MR) is 94.5 cm³/mol. The van der Waals surface area contributed by atoms with Crippen LogP contribution in [-0.2, 0) is 19.6 Å². The maximum Gasteiger partial charge on any atom is 0.340 e. The normalized spacial score (nSPS) is 11.3. The number of carbonyl (C=O) groups excluding carboxylic acids is 3. The third-order valence-electron chi connectivity index (χ3n) is 2.81.